The molecule has 0 bridgehead atoms. The largest absolute Gasteiger partial charge is 0.425 e. The number of ether oxygens (including phenoxy) is 2. The molecule has 1 aromatic carbocycles. The van der Waals surface area contributed by atoms with Gasteiger partial charge in [-0.1, -0.05) is 50.8 Å². The van der Waals surface area contributed by atoms with Crippen LogP contribution < -0.4 is 0 Å². The fourth-order valence-corrected chi connectivity index (χ4v) is 1.93. The molecule has 21 heavy (non-hydrogen) atoms. The first-order valence-electron chi connectivity index (χ1n) is 7.59. The third-order valence-corrected chi connectivity index (χ3v) is 3.06. The summed E-state index contributed by atoms with van der Waals surface area (Å²) in [7, 11) is 0. The van der Waals surface area contributed by atoms with Crippen molar-refractivity contribution in [1.29, 1.82) is 0 Å². The number of rotatable bonds is 9. The average molecular weight is 292 g/mol. The van der Waals surface area contributed by atoms with Crippen molar-refractivity contribution >= 4 is 11.9 Å². The molecule has 1 atom stereocenters. The highest BCUT2D eigenvalue weighted by molar-refractivity contribution is 5.89. The van der Waals surface area contributed by atoms with Gasteiger partial charge in [0.2, 0.25) is 6.29 Å². The van der Waals surface area contributed by atoms with Gasteiger partial charge >= 0.3 is 11.9 Å². The van der Waals surface area contributed by atoms with Crippen molar-refractivity contribution in [2.24, 2.45) is 0 Å². The summed E-state index contributed by atoms with van der Waals surface area (Å²) in [5.74, 6) is -0.807. The molecule has 0 aliphatic rings. The molecular formula is C17H24O4. The van der Waals surface area contributed by atoms with E-state index in [0.29, 0.717) is 12.0 Å². The van der Waals surface area contributed by atoms with E-state index in [2.05, 4.69) is 6.92 Å². The smallest absolute Gasteiger partial charge is 0.341 e. The topological polar surface area (TPSA) is 52.6 Å². The summed E-state index contributed by atoms with van der Waals surface area (Å²) in [6.07, 6.45) is 4.87. The zero-order valence-electron chi connectivity index (χ0n) is 12.8. The molecule has 4 nitrogen and oxygen atoms in total. The maximum Gasteiger partial charge on any atom is 0.341 e. The second-order valence-corrected chi connectivity index (χ2v) is 4.99. The van der Waals surface area contributed by atoms with Crippen molar-refractivity contribution in [2.75, 3.05) is 0 Å². The van der Waals surface area contributed by atoms with E-state index in [9.17, 15) is 9.59 Å². The van der Waals surface area contributed by atoms with Gasteiger partial charge in [0.05, 0.1) is 5.56 Å². The monoisotopic (exact) mass is 292 g/mol. The fourth-order valence-electron chi connectivity index (χ4n) is 1.93. The van der Waals surface area contributed by atoms with Crippen LogP contribution in [0.25, 0.3) is 0 Å². The third kappa shape index (κ3) is 7.49. The van der Waals surface area contributed by atoms with Gasteiger partial charge in [-0.05, 0) is 18.6 Å². The highest BCUT2D eigenvalue weighted by Gasteiger charge is 2.15. The quantitative estimate of drug-likeness (QED) is 0.391. The molecule has 0 radical (unpaired) electrons. The Morgan fingerprint density at radius 2 is 1.67 bits per heavy atom. The molecule has 116 valence electrons. The Labute approximate surface area is 126 Å². The van der Waals surface area contributed by atoms with Crippen LogP contribution in [-0.2, 0) is 14.3 Å². The van der Waals surface area contributed by atoms with E-state index >= 15 is 0 Å². The summed E-state index contributed by atoms with van der Waals surface area (Å²) in [5.41, 5.74) is 0.444. The summed E-state index contributed by atoms with van der Waals surface area (Å²) in [6.45, 7) is 3.70. The Kier molecular flexibility index (Phi) is 8.17. The molecule has 0 heterocycles. The lowest BCUT2D eigenvalue weighted by molar-refractivity contribution is -0.165. The van der Waals surface area contributed by atoms with Crippen LogP contribution in [-0.4, -0.2) is 18.2 Å². The minimum Gasteiger partial charge on any atom is -0.425 e. The van der Waals surface area contributed by atoms with Crippen LogP contribution >= 0.6 is 0 Å². The number of hydrogen-bond donors (Lipinski definition) is 0. The van der Waals surface area contributed by atoms with Crippen LogP contribution in [0.2, 0.25) is 0 Å². The molecule has 0 fully saturated rings. The lowest BCUT2D eigenvalue weighted by atomic mass is 10.1. The summed E-state index contributed by atoms with van der Waals surface area (Å²) < 4.78 is 10.1. The Balaban J connectivity index is 2.22. The zero-order chi connectivity index (χ0) is 15.5. The maximum atomic E-state index is 11.8. The molecular weight excluding hydrogens is 268 g/mol. The molecule has 4 heteroatoms. The van der Waals surface area contributed by atoms with E-state index < -0.39 is 12.3 Å². The Hall–Kier alpha value is -1.84. The second-order valence-electron chi connectivity index (χ2n) is 4.99. The second kappa shape index (κ2) is 9.97. The van der Waals surface area contributed by atoms with Gasteiger partial charge in [0, 0.05) is 13.3 Å². The van der Waals surface area contributed by atoms with Gasteiger partial charge in [-0.25, -0.2) is 4.79 Å². The minimum absolute atomic E-state index is 0.320. The lowest BCUT2D eigenvalue weighted by Crippen LogP contribution is -2.21. The van der Waals surface area contributed by atoms with Crippen LogP contribution in [0.15, 0.2) is 30.3 Å². The predicted molar refractivity (Wildman–Crippen MR) is 80.8 cm³/mol. The first-order valence-corrected chi connectivity index (χ1v) is 7.59. The van der Waals surface area contributed by atoms with Crippen LogP contribution in [0.3, 0.4) is 0 Å². The molecule has 0 aliphatic heterocycles. The normalized spacial score (nSPS) is 11.7. The summed E-state index contributed by atoms with van der Waals surface area (Å²) in [6, 6.07) is 8.64. The number of unbranched alkanes of at least 4 members (excludes halogenated alkanes) is 4. The van der Waals surface area contributed by atoms with Gasteiger partial charge in [-0.2, -0.15) is 0 Å². The number of esters is 2. The van der Waals surface area contributed by atoms with Crippen molar-refractivity contribution in [3.8, 4) is 0 Å². The van der Waals surface area contributed by atoms with Crippen molar-refractivity contribution in [3.63, 3.8) is 0 Å². The highest BCUT2D eigenvalue weighted by Crippen LogP contribution is 2.08. The fraction of sp³-hybridized carbons (Fsp3) is 0.529. The van der Waals surface area contributed by atoms with Crippen molar-refractivity contribution < 1.29 is 19.1 Å². The van der Waals surface area contributed by atoms with Gasteiger partial charge in [0.15, 0.2) is 0 Å². The molecule has 1 rings (SSSR count). The molecule has 0 N–H and O–H groups in total. The number of benzene rings is 1. The number of hydrogen-bond acceptors (Lipinski definition) is 4. The maximum absolute atomic E-state index is 11.8. The lowest BCUT2D eigenvalue weighted by Gasteiger charge is -2.14. The molecule has 0 amide bonds. The van der Waals surface area contributed by atoms with E-state index in [4.69, 9.17) is 9.47 Å². The van der Waals surface area contributed by atoms with E-state index in [0.717, 1.165) is 19.3 Å². The molecule has 0 aliphatic carbocycles. The molecule has 0 aromatic heterocycles. The summed E-state index contributed by atoms with van der Waals surface area (Å²) in [5, 5.41) is 0. The Morgan fingerprint density at radius 1 is 1.00 bits per heavy atom. The van der Waals surface area contributed by atoms with Gasteiger partial charge in [-0.3, -0.25) is 4.79 Å². The number of carbonyl (C=O) groups is 2. The summed E-state index contributed by atoms with van der Waals surface area (Å²) in [4.78, 5) is 23.3. The van der Waals surface area contributed by atoms with E-state index in [1.165, 1.54) is 12.8 Å². The Morgan fingerprint density at radius 3 is 2.33 bits per heavy atom. The van der Waals surface area contributed by atoms with Gasteiger partial charge in [0.1, 0.15) is 0 Å². The molecule has 0 spiro atoms. The van der Waals surface area contributed by atoms with Crippen molar-refractivity contribution in [1.82, 2.24) is 0 Å². The Bertz CT molecular complexity index is 428. The number of carbonyl (C=O) groups excluding carboxylic acids is 2. The van der Waals surface area contributed by atoms with E-state index in [-0.39, 0.29) is 5.97 Å². The van der Waals surface area contributed by atoms with Crippen LogP contribution in [0.4, 0.5) is 0 Å². The van der Waals surface area contributed by atoms with Crippen LogP contribution in [0.5, 0.6) is 0 Å². The van der Waals surface area contributed by atoms with Gasteiger partial charge < -0.3 is 9.47 Å². The molecule has 1 aromatic rings. The SMILES string of the molecule is CCCCCCCC(=O)OC(C)OC(=O)c1ccccc1. The van der Waals surface area contributed by atoms with E-state index in [1.54, 1.807) is 31.2 Å². The van der Waals surface area contributed by atoms with Crippen molar-refractivity contribution in [3.05, 3.63) is 35.9 Å². The third-order valence-electron chi connectivity index (χ3n) is 3.06. The molecule has 1 unspecified atom stereocenters. The highest BCUT2D eigenvalue weighted by atomic mass is 16.7. The average Bonchev–Trinajstić information content (AvgIpc) is 2.47. The first kappa shape index (κ1) is 17.2. The zero-order valence-corrected chi connectivity index (χ0v) is 12.8. The van der Waals surface area contributed by atoms with Crippen LogP contribution in [0.1, 0.15) is 62.7 Å². The van der Waals surface area contributed by atoms with E-state index in [1.807, 2.05) is 6.07 Å². The van der Waals surface area contributed by atoms with Gasteiger partial charge in [-0.15, -0.1) is 0 Å². The van der Waals surface area contributed by atoms with Crippen LogP contribution in [0, 0.1) is 0 Å². The minimum atomic E-state index is -0.860. The first-order chi connectivity index (χ1) is 10.1. The van der Waals surface area contributed by atoms with Crippen molar-refractivity contribution in [2.45, 2.75) is 58.7 Å². The standard InChI is InChI=1S/C17H24O4/c1-3-4-5-6-10-13-16(18)20-14(2)21-17(19)15-11-8-7-9-12-15/h7-9,11-12,14H,3-6,10,13H2,1-2H3. The molecule has 0 saturated carbocycles. The summed E-state index contributed by atoms with van der Waals surface area (Å²) >= 11 is 0. The molecule has 0 saturated heterocycles. The van der Waals surface area contributed by atoms with Gasteiger partial charge in [0.25, 0.3) is 0 Å². The predicted octanol–water partition coefficient (Wildman–Crippen LogP) is 4.09.